The number of carboxylic acid groups (broad SMARTS) is 1. The smallest absolute Gasteiger partial charge is 0.315 e. The Kier molecular flexibility index (Phi) is 3.81. The van der Waals surface area contributed by atoms with Crippen molar-refractivity contribution in [3.63, 3.8) is 0 Å². The summed E-state index contributed by atoms with van der Waals surface area (Å²) in [5.41, 5.74) is 0. The second-order valence-corrected chi connectivity index (χ2v) is 4.29. The molecule has 2 amide bonds. The van der Waals surface area contributed by atoms with Gasteiger partial charge in [-0.3, -0.25) is 4.79 Å². The number of aromatic nitrogens is 1. The van der Waals surface area contributed by atoms with E-state index in [1.54, 1.807) is 6.07 Å². The lowest BCUT2D eigenvalue weighted by molar-refractivity contribution is -0.142. The zero-order valence-corrected chi connectivity index (χ0v) is 9.76. The van der Waals surface area contributed by atoms with Crippen LogP contribution in [0, 0.1) is 5.92 Å². The average molecular weight is 253 g/mol. The van der Waals surface area contributed by atoms with Gasteiger partial charge in [-0.2, -0.15) is 0 Å². The Hall–Kier alpha value is -2.05. The summed E-state index contributed by atoms with van der Waals surface area (Å²) in [6.07, 6.45) is 3.63. The molecular weight excluding hydrogens is 238 g/mol. The SMILES string of the molecule is O=C(NCc1ccno1)NC1CCCC1C(=O)O. The van der Waals surface area contributed by atoms with Crippen LogP contribution in [0.5, 0.6) is 0 Å². The average Bonchev–Trinajstić information content (AvgIpc) is 2.96. The third kappa shape index (κ3) is 2.99. The van der Waals surface area contributed by atoms with Gasteiger partial charge in [0.25, 0.3) is 0 Å². The number of carbonyl (C=O) groups excluding carboxylic acids is 1. The molecule has 0 aromatic carbocycles. The van der Waals surface area contributed by atoms with Crippen molar-refractivity contribution in [1.82, 2.24) is 15.8 Å². The lowest BCUT2D eigenvalue weighted by atomic mass is 10.0. The van der Waals surface area contributed by atoms with Crippen molar-refractivity contribution in [3.05, 3.63) is 18.0 Å². The number of nitrogens with one attached hydrogen (secondary N) is 2. The second-order valence-electron chi connectivity index (χ2n) is 4.29. The molecule has 2 unspecified atom stereocenters. The molecule has 2 rings (SSSR count). The molecule has 7 nitrogen and oxygen atoms in total. The Morgan fingerprint density at radius 1 is 1.50 bits per heavy atom. The minimum Gasteiger partial charge on any atom is -0.481 e. The molecule has 1 fully saturated rings. The highest BCUT2D eigenvalue weighted by atomic mass is 16.5. The van der Waals surface area contributed by atoms with E-state index in [-0.39, 0.29) is 18.6 Å². The summed E-state index contributed by atoms with van der Waals surface area (Å²) in [4.78, 5) is 22.5. The van der Waals surface area contributed by atoms with E-state index in [0.717, 1.165) is 6.42 Å². The van der Waals surface area contributed by atoms with Gasteiger partial charge in [-0.15, -0.1) is 0 Å². The maximum atomic E-state index is 11.6. The van der Waals surface area contributed by atoms with E-state index in [1.165, 1.54) is 6.20 Å². The van der Waals surface area contributed by atoms with Gasteiger partial charge in [0.15, 0.2) is 5.76 Å². The van der Waals surface area contributed by atoms with Gasteiger partial charge in [-0.05, 0) is 12.8 Å². The lowest BCUT2D eigenvalue weighted by Gasteiger charge is -2.17. The standard InChI is InChI=1S/C11H15N3O4/c15-10(16)8-2-1-3-9(8)14-11(17)12-6-7-4-5-13-18-7/h4-5,8-9H,1-3,6H2,(H,15,16)(H2,12,14,17). The largest absolute Gasteiger partial charge is 0.481 e. The topological polar surface area (TPSA) is 104 Å². The van der Waals surface area contributed by atoms with Crippen molar-refractivity contribution in [2.45, 2.75) is 31.8 Å². The fourth-order valence-corrected chi connectivity index (χ4v) is 2.15. The van der Waals surface area contributed by atoms with Gasteiger partial charge in [0.2, 0.25) is 0 Å². The van der Waals surface area contributed by atoms with Crippen molar-refractivity contribution >= 4 is 12.0 Å². The van der Waals surface area contributed by atoms with Crippen LogP contribution in [0.4, 0.5) is 4.79 Å². The predicted octanol–water partition coefficient (Wildman–Crippen LogP) is 0.727. The van der Waals surface area contributed by atoms with E-state index in [9.17, 15) is 9.59 Å². The molecule has 98 valence electrons. The molecule has 3 N–H and O–H groups in total. The number of carboxylic acids is 1. The summed E-state index contributed by atoms with van der Waals surface area (Å²) in [7, 11) is 0. The van der Waals surface area contributed by atoms with E-state index >= 15 is 0 Å². The summed E-state index contributed by atoms with van der Waals surface area (Å²) in [5, 5.41) is 17.8. The first kappa shape index (κ1) is 12.4. The van der Waals surface area contributed by atoms with E-state index in [4.69, 9.17) is 9.63 Å². The van der Waals surface area contributed by atoms with Gasteiger partial charge >= 0.3 is 12.0 Å². The third-order valence-corrected chi connectivity index (χ3v) is 3.06. The van der Waals surface area contributed by atoms with Crippen molar-refractivity contribution in [1.29, 1.82) is 0 Å². The molecule has 18 heavy (non-hydrogen) atoms. The summed E-state index contributed by atoms with van der Waals surface area (Å²) in [6, 6.07) is 0.970. The van der Waals surface area contributed by atoms with Gasteiger partial charge in [0.05, 0.1) is 18.7 Å². The quantitative estimate of drug-likeness (QED) is 0.733. The van der Waals surface area contributed by atoms with Crippen LogP contribution in [0.15, 0.2) is 16.8 Å². The maximum Gasteiger partial charge on any atom is 0.315 e. The van der Waals surface area contributed by atoms with Crippen LogP contribution in [0.1, 0.15) is 25.0 Å². The molecule has 0 radical (unpaired) electrons. The maximum absolute atomic E-state index is 11.6. The number of nitrogens with zero attached hydrogens (tertiary/aromatic N) is 1. The van der Waals surface area contributed by atoms with Crippen molar-refractivity contribution < 1.29 is 19.2 Å². The first-order chi connectivity index (χ1) is 8.66. The Morgan fingerprint density at radius 2 is 2.33 bits per heavy atom. The summed E-state index contributed by atoms with van der Waals surface area (Å²) >= 11 is 0. The fourth-order valence-electron chi connectivity index (χ4n) is 2.15. The summed E-state index contributed by atoms with van der Waals surface area (Å²) < 4.78 is 4.83. The van der Waals surface area contributed by atoms with Crippen LogP contribution in [-0.4, -0.2) is 28.3 Å². The highest BCUT2D eigenvalue weighted by Crippen LogP contribution is 2.25. The second kappa shape index (κ2) is 5.52. The van der Waals surface area contributed by atoms with Crippen molar-refractivity contribution in [2.24, 2.45) is 5.92 Å². The fraction of sp³-hybridized carbons (Fsp3) is 0.545. The molecule has 2 atom stereocenters. The molecule has 0 aliphatic heterocycles. The van der Waals surface area contributed by atoms with E-state index in [1.807, 2.05) is 0 Å². The minimum atomic E-state index is -0.854. The molecule has 1 aromatic rings. The number of carbonyl (C=O) groups is 2. The van der Waals surface area contributed by atoms with E-state index < -0.39 is 11.9 Å². The first-order valence-corrected chi connectivity index (χ1v) is 5.83. The van der Waals surface area contributed by atoms with Crippen LogP contribution in [-0.2, 0) is 11.3 Å². The zero-order chi connectivity index (χ0) is 13.0. The molecule has 0 spiro atoms. The number of hydrogen-bond acceptors (Lipinski definition) is 4. The van der Waals surface area contributed by atoms with Crippen molar-refractivity contribution in [3.8, 4) is 0 Å². The molecular formula is C11H15N3O4. The number of rotatable bonds is 4. The van der Waals surface area contributed by atoms with Crippen LogP contribution in [0.3, 0.4) is 0 Å². The van der Waals surface area contributed by atoms with E-state index in [0.29, 0.717) is 18.6 Å². The summed E-state index contributed by atoms with van der Waals surface area (Å²) in [5.74, 6) is -0.791. The zero-order valence-electron chi connectivity index (χ0n) is 9.76. The van der Waals surface area contributed by atoms with Crippen LogP contribution in [0.25, 0.3) is 0 Å². The third-order valence-electron chi connectivity index (χ3n) is 3.06. The number of urea groups is 1. The molecule has 7 heteroatoms. The number of aliphatic carboxylic acids is 1. The Bertz CT molecular complexity index is 418. The minimum absolute atomic E-state index is 0.232. The normalized spacial score (nSPS) is 22.7. The Balaban J connectivity index is 1.78. The molecule has 1 aliphatic carbocycles. The Labute approximate surface area is 104 Å². The van der Waals surface area contributed by atoms with Gasteiger partial charge < -0.3 is 20.3 Å². The monoisotopic (exact) mass is 253 g/mol. The lowest BCUT2D eigenvalue weighted by Crippen LogP contribution is -2.45. The van der Waals surface area contributed by atoms with Crippen LogP contribution < -0.4 is 10.6 Å². The molecule has 1 aliphatic rings. The number of amides is 2. The number of hydrogen-bond donors (Lipinski definition) is 3. The van der Waals surface area contributed by atoms with Crippen LogP contribution >= 0.6 is 0 Å². The summed E-state index contributed by atoms with van der Waals surface area (Å²) in [6.45, 7) is 0.232. The van der Waals surface area contributed by atoms with Gasteiger partial charge in [0, 0.05) is 12.1 Å². The first-order valence-electron chi connectivity index (χ1n) is 5.83. The molecule has 1 saturated carbocycles. The highest BCUT2D eigenvalue weighted by molar-refractivity contribution is 5.76. The van der Waals surface area contributed by atoms with Crippen LogP contribution in [0.2, 0.25) is 0 Å². The molecule has 1 aromatic heterocycles. The van der Waals surface area contributed by atoms with Gasteiger partial charge in [-0.25, -0.2) is 4.79 Å². The highest BCUT2D eigenvalue weighted by Gasteiger charge is 2.33. The molecule has 1 heterocycles. The molecule has 0 bridgehead atoms. The molecule has 0 saturated heterocycles. The van der Waals surface area contributed by atoms with E-state index in [2.05, 4.69) is 15.8 Å². The predicted molar refractivity (Wildman–Crippen MR) is 60.6 cm³/mol. The van der Waals surface area contributed by atoms with Gasteiger partial charge in [0.1, 0.15) is 0 Å². The van der Waals surface area contributed by atoms with Gasteiger partial charge in [-0.1, -0.05) is 11.6 Å². The Morgan fingerprint density at radius 3 is 3.00 bits per heavy atom. The van der Waals surface area contributed by atoms with Crippen molar-refractivity contribution in [2.75, 3.05) is 0 Å².